The highest BCUT2D eigenvalue weighted by Gasteiger charge is 2.34. The number of rotatable bonds is 2. The zero-order valence-electron chi connectivity index (χ0n) is 17.6. The molecule has 1 aromatic carbocycles. The Kier molecular flexibility index (Phi) is 5.02. The van der Waals surface area contributed by atoms with Gasteiger partial charge in [-0.25, -0.2) is 9.78 Å². The molecule has 5 nitrogen and oxygen atoms in total. The Morgan fingerprint density at radius 2 is 2.00 bits per heavy atom. The summed E-state index contributed by atoms with van der Waals surface area (Å²) in [5.41, 5.74) is 1.72. The molecule has 0 aliphatic carbocycles. The van der Waals surface area contributed by atoms with E-state index in [1.165, 1.54) is 16.7 Å². The largest absolute Gasteiger partial charge is 0.444 e. The van der Waals surface area contributed by atoms with Crippen molar-refractivity contribution in [1.29, 1.82) is 0 Å². The first-order valence-corrected chi connectivity index (χ1v) is 11.2. The van der Waals surface area contributed by atoms with E-state index in [1.807, 2.05) is 25.7 Å². The first-order chi connectivity index (χ1) is 13.2. The number of anilines is 1. The van der Waals surface area contributed by atoms with E-state index < -0.39 is 5.60 Å². The van der Waals surface area contributed by atoms with Gasteiger partial charge >= 0.3 is 6.09 Å². The maximum atomic E-state index is 12.9. The lowest BCUT2D eigenvalue weighted by molar-refractivity contribution is 0.00365. The van der Waals surface area contributed by atoms with Gasteiger partial charge in [0, 0.05) is 19.1 Å². The molecule has 2 aliphatic heterocycles. The van der Waals surface area contributed by atoms with Crippen LogP contribution >= 0.6 is 11.3 Å². The molecule has 2 saturated heterocycles. The van der Waals surface area contributed by atoms with Crippen molar-refractivity contribution in [3.8, 4) is 0 Å². The highest BCUT2D eigenvalue weighted by molar-refractivity contribution is 7.22. The molecule has 0 radical (unpaired) electrons. The number of thiazole rings is 1. The van der Waals surface area contributed by atoms with Crippen LogP contribution in [-0.2, 0) is 4.74 Å². The van der Waals surface area contributed by atoms with Crippen LogP contribution in [0.25, 0.3) is 10.2 Å². The van der Waals surface area contributed by atoms with E-state index in [0.717, 1.165) is 36.6 Å². The number of fused-ring (bicyclic) bond motifs is 1. The predicted octanol–water partition coefficient (Wildman–Crippen LogP) is 5.60. The summed E-state index contributed by atoms with van der Waals surface area (Å²) in [6, 6.07) is 7.16. The molecule has 0 spiro atoms. The number of aromatic nitrogens is 1. The fraction of sp³-hybridized carbons (Fsp3) is 0.636. The molecule has 0 saturated carbocycles. The summed E-state index contributed by atoms with van der Waals surface area (Å²) >= 11 is 1.77. The molecule has 3 heterocycles. The van der Waals surface area contributed by atoms with Crippen LogP contribution in [0.15, 0.2) is 18.2 Å². The zero-order chi connectivity index (χ0) is 20.1. The summed E-state index contributed by atoms with van der Waals surface area (Å²) in [5, 5.41) is 1.12. The fourth-order valence-electron chi connectivity index (χ4n) is 4.08. The number of nitrogens with zero attached hydrogens (tertiary/aromatic N) is 3. The molecule has 1 aromatic heterocycles. The number of piperidine rings is 1. The molecule has 2 aliphatic rings. The Hall–Kier alpha value is -1.82. The van der Waals surface area contributed by atoms with Crippen LogP contribution in [-0.4, -0.2) is 40.7 Å². The SMILES string of the molecule is CC1CCC(c2ccc3sc(N4CC[C@H]4C)nc3c2)N(C(=O)OC(C)(C)C)C1. The lowest BCUT2D eigenvalue weighted by atomic mass is 9.90. The standard InChI is InChI=1S/C22H31N3O2S/c1-14-6-8-18(25(13-14)21(26)27-22(3,4)5)16-7-9-19-17(12-16)23-20(28-19)24-11-10-15(24)2/h7,9,12,14-15,18H,6,8,10-11,13H2,1-5H3/t14?,15-,18?/m1/s1. The highest BCUT2D eigenvalue weighted by Crippen LogP contribution is 2.38. The molecule has 1 amide bonds. The van der Waals surface area contributed by atoms with E-state index in [9.17, 15) is 4.79 Å². The van der Waals surface area contributed by atoms with Gasteiger partial charge in [0.15, 0.2) is 5.13 Å². The van der Waals surface area contributed by atoms with Gasteiger partial charge in [-0.1, -0.05) is 24.3 Å². The smallest absolute Gasteiger partial charge is 0.410 e. The summed E-state index contributed by atoms with van der Waals surface area (Å²) in [5.74, 6) is 0.492. The van der Waals surface area contributed by atoms with Crippen molar-refractivity contribution in [2.45, 2.75) is 71.6 Å². The van der Waals surface area contributed by atoms with Crippen molar-refractivity contribution in [1.82, 2.24) is 9.88 Å². The van der Waals surface area contributed by atoms with Gasteiger partial charge in [0.25, 0.3) is 0 Å². The van der Waals surface area contributed by atoms with E-state index in [4.69, 9.17) is 9.72 Å². The van der Waals surface area contributed by atoms with E-state index in [-0.39, 0.29) is 12.1 Å². The minimum Gasteiger partial charge on any atom is -0.444 e. The molecular weight excluding hydrogens is 370 g/mol. The van der Waals surface area contributed by atoms with Crippen LogP contribution in [0.1, 0.15) is 65.5 Å². The average Bonchev–Trinajstić information content (AvgIpc) is 3.00. The van der Waals surface area contributed by atoms with Crippen molar-refractivity contribution >= 4 is 32.8 Å². The van der Waals surface area contributed by atoms with Crippen LogP contribution in [0.5, 0.6) is 0 Å². The summed E-state index contributed by atoms with van der Waals surface area (Å²) in [6.07, 6.45) is 3.12. The third kappa shape index (κ3) is 3.84. The maximum absolute atomic E-state index is 12.9. The Morgan fingerprint density at radius 3 is 2.64 bits per heavy atom. The molecule has 2 aromatic rings. The van der Waals surface area contributed by atoms with Crippen molar-refractivity contribution < 1.29 is 9.53 Å². The van der Waals surface area contributed by atoms with Crippen molar-refractivity contribution in [3.05, 3.63) is 23.8 Å². The van der Waals surface area contributed by atoms with Crippen molar-refractivity contribution in [2.75, 3.05) is 18.0 Å². The molecule has 0 N–H and O–H groups in total. The van der Waals surface area contributed by atoms with Crippen LogP contribution in [0.3, 0.4) is 0 Å². The lowest BCUT2D eigenvalue weighted by Crippen LogP contribution is -2.45. The molecule has 2 unspecified atom stereocenters. The minimum atomic E-state index is -0.482. The van der Waals surface area contributed by atoms with E-state index in [0.29, 0.717) is 12.0 Å². The molecular formula is C22H31N3O2S. The zero-order valence-corrected chi connectivity index (χ0v) is 18.4. The number of hydrogen-bond acceptors (Lipinski definition) is 5. The summed E-state index contributed by atoms with van der Waals surface area (Å²) in [6.45, 7) is 12.1. The van der Waals surface area contributed by atoms with Gasteiger partial charge in [0.2, 0.25) is 0 Å². The van der Waals surface area contributed by atoms with Crippen molar-refractivity contribution in [2.24, 2.45) is 5.92 Å². The second-order valence-electron chi connectivity index (χ2n) is 9.39. The second-order valence-corrected chi connectivity index (χ2v) is 10.4. The normalized spacial score (nSPS) is 25.7. The Labute approximate surface area is 171 Å². The summed E-state index contributed by atoms with van der Waals surface area (Å²) in [4.78, 5) is 22.1. The minimum absolute atomic E-state index is 0.0588. The van der Waals surface area contributed by atoms with Crippen LogP contribution in [0, 0.1) is 5.92 Å². The quantitative estimate of drug-likeness (QED) is 0.657. The molecule has 3 atom stereocenters. The number of hydrogen-bond donors (Lipinski definition) is 0. The number of amides is 1. The number of ether oxygens (including phenoxy) is 1. The van der Waals surface area contributed by atoms with E-state index in [2.05, 4.69) is 36.9 Å². The Balaban J connectivity index is 1.61. The van der Waals surface area contributed by atoms with Gasteiger partial charge < -0.3 is 14.5 Å². The van der Waals surface area contributed by atoms with Crippen LogP contribution in [0.4, 0.5) is 9.93 Å². The highest BCUT2D eigenvalue weighted by atomic mass is 32.1. The van der Waals surface area contributed by atoms with E-state index in [1.54, 1.807) is 11.3 Å². The molecule has 4 rings (SSSR count). The van der Waals surface area contributed by atoms with Crippen LogP contribution in [0.2, 0.25) is 0 Å². The second kappa shape index (κ2) is 7.21. The third-order valence-corrected chi connectivity index (χ3v) is 6.87. The van der Waals surface area contributed by atoms with Gasteiger partial charge in [0.1, 0.15) is 5.60 Å². The molecule has 28 heavy (non-hydrogen) atoms. The Morgan fingerprint density at radius 1 is 1.21 bits per heavy atom. The van der Waals surface area contributed by atoms with Gasteiger partial charge in [0.05, 0.1) is 16.3 Å². The van der Waals surface area contributed by atoms with Crippen molar-refractivity contribution in [3.63, 3.8) is 0 Å². The summed E-state index contributed by atoms with van der Waals surface area (Å²) in [7, 11) is 0. The first kappa shape index (κ1) is 19.5. The number of benzene rings is 1. The van der Waals surface area contributed by atoms with Gasteiger partial charge in [-0.3, -0.25) is 0 Å². The molecule has 6 heteroatoms. The monoisotopic (exact) mass is 401 g/mol. The van der Waals surface area contributed by atoms with Gasteiger partial charge in [-0.15, -0.1) is 0 Å². The Bertz CT molecular complexity index is 872. The first-order valence-electron chi connectivity index (χ1n) is 10.4. The van der Waals surface area contributed by atoms with Crippen LogP contribution < -0.4 is 4.90 Å². The fourth-order valence-corrected chi connectivity index (χ4v) is 5.16. The topological polar surface area (TPSA) is 45.7 Å². The van der Waals surface area contributed by atoms with Gasteiger partial charge in [-0.05, 0) is 70.6 Å². The summed E-state index contributed by atoms with van der Waals surface area (Å²) < 4.78 is 6.91. The number of likely N-dealkylation sites (tertiary alicyclic amines) is 1. The molecule has 2 fully saturated rings. The average molecular weight is 402 g/mol. The predicted molar refractivity (Wildman–Crippen MR) is 115 cm³/mol. The third-order valence-electron chi connectivity index (χ3n) is 5.80. The molecule has 0 bridgehead atoms. The lowest BCUT2D eigenvalue weighted by Gasteiger charge is -2.39. The maximum Gasteiger partial charge on any atom is 0.410 e. The van der Waals surface area contributed by atoms with E-state index >= 15 is 0 Å². The number of carbonyl (C=O) groups excluding carboxylic acids is 1. The molecule has 152 valence electrons. The number of carbonyl (C=O) groups is 1. The van der Waals surface area contributed by atoms with Gasteiger partial charge in [-0.2, -0.15) is 0 Å².